The third-order valence-corrected chi connectivity index (χ3v) is 3.01. The van der Waals surface area contributed by atoms with Crippen LogP contribution in [-0.4, -0.2) is 56.9 Å². The van der Waals surface area contributed by atoms with Crippen LogP contribution < -0.4 is 5.32 Å². The van der Waals surface area contributed by atoms with Crippen molar-refractivity contribution in [3.8, 4) is 0 Å². The minimum absolute atomic E-state index is 0.295. The zero-order valence-corrected chi connectivity index (χ0v) is 11.9. The van der Waals surface area contributed by atoms with E-state index in [1.54, 1.807) is 7.11 Å². The van der Waals surface area contributed by atoms with E-state index in [9.17, 15) is 13.9 Å². The lowest BCUT2D eigenvalue weighted by Gasteiger charge is -2.17. The molecule has 0 saturated carbocycles. The molecule has 1 aromatic rings. The summed E-state index contributed by atoms with van der Waals surface area (Å²) in [6, 6.07) is 3.42. The summed E-state index contributed by atoms with van der Waals surface area (Å²) in [5.41, 5.74) is 0.365. The fraction of sp³-hybridized carbons (Fsp3) is 0.571. The smallest absolute Gasteiger partial charge is 0.159 e. The van der Waals surface area contributed by atoms with Gasteiger partial charge in [0.25, 0.3) is 0 Å². The van der Waals surface area contributed by atoms with E-state index in [0.29, 0.717) is 25.3 Å². The molecule has 2 N–H and O–H groups in total. The molecule has 0 heterocycles. The Morgan fingerprint density at radius 2 is 2.05 bits per heavy atom. The molecule has 0 aliphatic carbocycles. The Morgan fingerprint density at radius 1 is 1.30 bits per heavy atom. The van der Waals surface area contributed by atoms with Crippen molar-refractivity contribution in [1.82, 2.24) is 10.2 Å². The molecule has 0 radical (unpaired) electrons. The molecule has 1 atom stereocenters. The number of rotatable bonds is 9. The first-order chi connectivity index (χ1) is 9.54. The molecule has 6 heteroatoms. The van der Waals surface area contributed by atoms with Crippen LogP contribution in [0.3, 0.4) is 0 Å². The molecule has 0 fully saturated rings. The first-order valence-corrected chi connectivity index (χ1v) is 6.55. The molecule has 0 spiro atoms. The van der Waals surface area contributed by atoms with Crippen LogP contribution in [0.2, 0.25) is 0 Å². The van der Waals surface area contributed by atoms with Crippen molar-refractivity contribution in [3.63, 3.8) is 0 Å². The lowest BCUT2D eigenvalue weighted by molar-refractivity contribution is 0.156. The molecule has 114 valence electrons. The summed E-state index contributed by atoms with van der Waals surface area (Å²) in [6.45, 7) is 3.32. The minimum atomic E-state index is -0.944. The molecule has 1 aromatic carbocycles. The Labute approximate surface area is 118 Å². The van der Waals surface area contributed by atoms with Gasteiger partial charge in [0.1, 0.15) is 0 Å². The van der Waals surface area contributed by atoms with Crippen molar-refractivity contribution < 1.29 is 18.6 Å². The second-order valence-electron chi connectivity index (χ2n) is 4.69. The highest BCUT2D eigenvalue weighted by Crippen LogP contribution is 2.15. The largest absolute Gasteiger partial charge is 0.387 e. The number of methoxy groups -OCH3 is 1. The second-order valence-corrected chi connectivity index (χ2v) is 4.69. The number of benzene rings is 1. The summed E-state index contributed by atoms with van der Waals surface area (Å²) in [5.74, 6) is -1.85. The molecule has 20 heavy (non-hydrogen) atoms. The maximum absolute atomic E-state index is 13.0. The number of ether oxygens (including phenoxy) is 1. The van der Waals surface area contributed by atoms with Crippen LogP contribution in [0.25, 0.3) is 0 Å². The number of nitrogens with zero attached hydrogens (tertiary/aromatic N) is 1. The predicted octanol–water partition coefficient (Wildman–Crippen LogP) is 1.17. The molecule has 1 rings (SSSR count). The van der Waals surface area contributed by atoms with Crippen LogP contribution in [0, 0.1) is 11.6 Å². The van der Waals surface area contributed by atoms with Crippen LogP contribution >= 0.6 is 0 Å². The van der Waals surface area contributed by atoms with E-state index in [-0.39, 0.29) is 0 Å². The lowest BCUT2D eigenvalue weighted by Crippen LogP contribution is -2.33. The van der Waals surface area contributed by atoms with Crippen LogP contribution in [0.4, 0.5) is 8.78 Å². The number of hydrogen-bond acceptors (Lipinski definition) is 4. The van der Waals surface area contributed by atoms with Gasteiger partial charge in [0.2, 0.25) is 0 Å². The lowest BCUT2D eigenvalue weighted by atomic mass is 10.1. The zero-order valence-electron chi connectivity index (χ0n) is 11.9. The maximum Gasteiger partial charge on any atom is 0.159 e. The van der Waals surface area contributed by atoms with E-state index in [1.807, 2.05) is 7.05 Å². The highest BCUT2D eigenvalue weighted by atomic mass is 19.2. The van der Waals surface area contributed by atoms with Gasteiger partial charge in [-0.05, 0) is 24.7 Å². The van der Waals surface area contributed by atoms with Crippen molar-refractivity contribution in [1.29, 1.82) is 0 Å². The molecule has 0 amide bonds. The summed E-state index contributed by atoms with van der Waals surface area (Å²) < 4.78 is 30.8. The summed E-state index contributed by atoms with van der Waals surface area (Å²) in [7, 11) is 3.64. The number of nitrogens with one attached hydrogen (secondary N) is 1. The Morgan fingerprint density at radius 3 is 2.70 bits per heavy atom. The topological polar surface area (TPSA) is 44.7 Å². The quantitative estimate of drug-likeness (QED) is 0.670. The summed E-state index contributed by atoms with van der Waals surface area (Å²) in [6.07, 6.45) is -0.852. The van der Waals surface area contributed by atoms with Gasteiger partial charge in [-0.25, -0.2) is 8.78 Å². The van der Waals surface area contributed by atoms with Gasteiger partial charge in [-0.1, -0.05) is 6.07 Å². The van der Waals surface area contributed by atoms with Crippen molar-refractivity contribution in [2.24, 2.45) is 0 Å². The van der Waals surface area contributed by atoms with Crippen LogP contribution in [0.5, 0.6) is 0 Å². The third-order valence-electron chi connectivity index (χ3n) is 3.01. The first-order valence-electron chi connectivity index (χ1n) is 6.55. The summed E-state index contributed by atoms with van der Waals surface area (Å²) in [5, 5.41) is 12.9. The fourth-order valence-corrected chi connectivity index (χ4v) is 1.71. The van der Waals surface area contributed by atoms with E-state index in [1.165, 1.54) is 6.07 Å². The highest BCUT2D eigenvalue weighted by Gasteiger charge is 2.10. The number of halogens is 2. The SMILES string of the molecule is COCCN(C)CCNCC(O)c1ccc(F)c(F)c1. The number of aliphatic hydroxyl groups is 1. The molecular weight excluding hydrogens is 266 g/mol. The number of aliphatic hydroxyl groups excluding tert-OH is 1. The predicted molar refractivity (Wildman–Crippen MR) is 73.6 cm³/mol. The standard InChI is InChI=1S/C14H22F2N2O2/c1-18(7-8-20-2)6-5-17-10-14(19)11-3-4-12(15)13(16)9-11/h3-4,9,14,17,19H,5-8,10H2,1-2H3. The van der Waals surface area contributed by atoms with E-state index < -0.39 is 17.7 Å². The Hall–Kier alpha value is -1.08. The Balaban J connectivity index is 2.26. The molecule has 0 bridgehead atoms. The molecule has 4 nitrogen and oxygen atoms in total. The van der Waals surface area contributed by atoms with Gasteiger partial charge in [0, 0.05) is 33.3 Å². The van der Waals surface area contributed by atoms with Gasteiger partial charge in [-0.15, -0.1) is 0 Å². The maximum atomic E-state index is 13.0. The second kappa shape index (κ2) is 8.97. The van der Waals surface area contributed by atoms with Crippen LogP contribution in [0.15, 0.2) is 18.2 Å². The van der Waals surface area contributed by atoms with Gasteiger partial charge in [0.05, 0.1) is 12.7 Å². The summed E-state index contributed by atoms with van der Waals surface area (Å²) >= 11 is 0. The van der Waals surface area contributed by atoms with Crippen molar-refractivity contribution in [2.45, 2.75) is 6.10 Å². The first kappa shape index (κ1) is 17.0. The van der Waals surface area contributed by atoms with Crippen molar-refractivity contribution in [3.05, 3.63) is 35.4 Å². The van der Waals surface area contributed by atoms with E-state index in [2.05, 4.69) is 10.2 Å². The Kier molecular flexibility index (Phi) is 7.61. The molecular formula is C14H22F2N2O2. The fourth-order valence-electron chi connectivity index (χ4n) is 1.71. The van der Waals surface area contributed by atoms with Crippen molar-refractivity contribution in [2.75, 3.05) is 46.9 Å². The normalized spacial score (nSPS) is 12.9. The zero-order chi connectivity index (χ0) is 15.0. The van der Waals surface area contributed by atoms with Gasteiger partial charge in [-0.3, -0.25) is 0 Å². The third kappa shape index (κ3) is 5.92. The molecule has 1 unspecified atom stereocenters. The molecule has 0 aliphatic heterocycles. The van der Waals surface area contributed by atoms with Crippen molar-refractivity contribution >= 4 is 0 Å². The van der Waals surface area contributed by atoms with E-state index in [4.69, 9.17) is 4.74 Å². The van der Waals surface area contributed by atoms with Gasteiger partial charge >= 0.3 is 0 Å². The van der Waals surface area contributed by atoms with Gasteiger partial charge in [-0.2, -0.15) is 0 Å². The van der Waals surface area contributed by atoms with E-state index >= 15 is 0 Å². The van der Waals surface area contributed by atoms with E-state index in [0.717, 1.165) is 25.2 Å². The summed E-state index contributed by atoms with van der Waals surface area (Å²) in [4.78, 5) is 2.10. The van der Waals surface area contributed by atoms with Crippen LogP contribution in [-0.2, 0) is 4.74 Å². The average molecular weight is 288 g/mol. The molecule has 0 aliphatic rings. The monoisotopic (exact) mass is 288 g/mol. The minimum Gasteiger partial charge on any atom is -0.387 e. The Bertz CT molecular complexity index is 405. The average Bonchev–Trinajstić information content (AvgIpc) is 2.44. The highest BCUT2D eigenvalue weighted by molar-refractivity contribution is 5.20. The van der Waals surface area contributed by atoms with Gasteiger partial charge < -0.3 is 20.1 Å². The van der Waals surface area contributed by atoms with Crippen LogP contribution in [0.1, 0.15) is 11.7 Å². The molecule has 0 saturated heterocycles. The molecule has 0 aromatic heterocycles. The number of hydrogen-bond donors (Lipinski definition) is 2. The number of likely N-dealkylation sites (N-methyl/N-ethyl adjacent to an activating group) is 1. The van der Waals surface area contributed by atoms with Gasteiger partial charge in [0.15, 0.2) is 11.6 Å².